The van der Waals surface area contributed by atoms with E-state index in [2.05, 4.69) is 11.9 Å². The summed E-state index contributed by atoms with van der Waals surface area (Å²) in [5.41, 5.74) is 3.41. The van der Waals surface area contributed by atoms with Gasteiger partial charge in [0.05, 0.1) is 14.2 Å². The molecule has 0 bridgehead atoms. The first kappa shape index (κ1) is 25.1. The largest absolute Gasteiger partial charge is 0.497 e. The van der Waals surface area contributed by atoms with Crippen molar-refractivity contribution in [1.82, 2.24) is 5.32 Å². The Morgan fingerprint density at radius 3 is 2.40 bits per heavy atom. The van der Waals surface area contributed by atoms with Gasteiger partial charge in [-0.25, -0.2) is 0 Å². The van der Waals surface area contributed by atoms with E-state index in [1.165, 1.54) is 0 Å². The molecule has 0 spiro atoms. The number of rotatable bonds is 11. The van der Waals surface area contributed by atoms with Gasteiger partial charge in [0.1, 0.15) is 24.0 Å². The van der Waals surface area contributed by atoms with E-state index < -0.39 is 5.91 Å². The molecule has 0 atom stereocenters. The van der Waals surface area contributed by atoms with E-state index in [1.807, 2.05) is 66.7 Å². The summed E-state index contributed by atoms with van der Waals surface area (Å²) in [6.07, 6.45) is 3.84. The van der Waals surface area contributed by atoms with Gasteiger partial charge in [-0.05, 0) is 53.5 Å². The molecule has 6 heteroatoms. The van der Waals surface area contributed by atoms with E-state index in [0.29, 0.717) is 36.6 Å². The smallest absolute Gasteiger partial charge is 0.262 e. The van der Waals surface area contributed by atoms with Crippen LogP contribution in [0.15, 0.2) is 85.0 Å². The summed E-state index contributed by atoms with van der Waals surface area (Å²) in [5.74, 6) is 1.40. The molecule has 3 aromatic carbocycles. The molecule has 0 saturated heterocycles. The highest BCUT2D eigenvalue weighted by molar-refractivity contribution is 6.01. The zero-order valence-corrected chi connectivity index (χ0v) is 19.9. The number of allylic oxidation sites excluding steroid dienone is 1. The Balaban J connectivity index is 1.80. The minimum atomic E-state index is -0.461. The van der Waals surface area contributed by atoms with Crippen LogP contribution in [0.3, 0.4) is 0 Å². The highest BCUT2D eigenvalue weighted by Gasteiger charge is 2.15. The molecule has 0 fully saturated rings. The summed E-state index contributed by atoms with van der Waals surface area (Å²) in [4.78, 5) is 12.7. The van der Waals surface area contributed by atoms with Crippen LogP contribution in [-0.4, -0.2) is 20.1 Å². The van der Waals surface area contributed by atoms with Gasteiger partial charge in [0.2, 0.25) is 0 Å². The second-order valence-electron chi connectivity index (χ2n) is 7.68. The first-order chi connectivity index (χ1) is 17.1. The fraction of sp³-hybridized carbons (Fsp3) is 0.172. The molecule has 1 amide bonds. The van der Waals surface area contributed by atoms with E-state index in [4.69, 9.17) is 14.2 Å². The molecule has 6 nitrogen and oxygen atoms in total. The molecule has 3 rings (SSSR count). The number of carbonyl (C=O) groups is 1. The van der Waals surface area contributed by atoms with E-state index >= 15 is 0 Å². The van der Waals surface area contributed by atoms with Crippen LogP contribution in [0, 0.1) is 11.3 Å². The zero-order valence-electron chi connectivity index (χ0n) is 19.9. The number of nitrogens with zero attached hydrogens (tertiary/aromatic N) is 1. The van der Waals surface area contributed by atoms with Crippen LogP contribution in [-0.2, 0) is 24.4 Å². The number of ether oxygens (including phenoxy) is 3. The molecule has 1 N–H and O–H groups in total. The van der Waals surface area contributed by atoms with Gasteiger partial charge in [-0.15, -0.1) is 6.58 Å². The Hall–Kier alpha value is -4.50. The van der Waals surface area contributed by atoms with Crippen LogP contribution < -0.4 is 19.5 Å². The standard InChI is InChI=1S/C29H28N2O4/c1-4-8-24-15-23(17-27(34-3)28(24)35-20-22-9-6-5-7-10-22)16-25(18-30)29(32)31-19-21-11-13-26(33-2)14-12-21/h4-7,9-17H,1,8,19-20H2,2-3H3,(H,31,32)/b25-16-. The quantitative estimate of drug-likeness (QED) is 0.237. The normalized spacial score (nSPS) is 10.7. The maximum Gasteiger partial charge on any atom is 0.262 e. The van der Waals surface area contributed by atoms with Crippen LogP contribution in [0.4, 0.5) is 0 Å². The van der Waals surface area contributed by atoms with Crippen molar-refractivity contribution in [2.24, 2.45) is 0 Å². The average molecular weight is 469 g/mol. The average Bonchev–Trinajstić information content (AvgIpc) is 2.90. The topological polar surface area (TPSA) is 80.6 Å². The highest BCUT2D eigenvalue weighted by Crippen LogP contribution is 2.35. The molecular weight excluding hydrogens is 440 g/mol. The fourth-order valence-corrected chi connectivity index (χ4v) is 3.46. The number of hydrogen-bond donors (Lipinski definition) is 1. The molecular formula is C29H28N2O4. The molecule has 0 unspecified atom stereocenters. The lowest BCUT2D eigenvalue weighted by Crippen LogP contribution is -2.23. The minimum Gasteiger partial charge on any atom is -0.497 e. The molecule has 3 aromatic rings. The summed E-state index contributed by atoms with van der Waals surface area (Å²) in [6.45, 7) is 4.51. The van der Waals surface area contributed by atoms with E-state index in [1.54, 1.807) is 32.4 Å². The summed E-state index contributed by atoms with van der Waals surface area (Å²) < 4.78 is 16.8. The van der Waals surface area contributed by atoms with E-state index in [0.717, 1.165) is 22.4 Å². The number of amides is 1. The van der Waals surface area contributed by atoms with Gasteiger partial charge in [0.25, 0.3) is 5.91 Å². The van der Waals surface area contributed by atoms with Crippen molar-refractivity contribution in [3.05, 3.63) is 107 Å². The molecule has 35 heavy (non-hydrogen) atoms. The fourth-order valence-electron chi connectivity index (χ4n) is 3.46. The van der Waals surface area contributed by atoms with Gasteiger partial charge in [-0.3, -0.25) is 4.79 Å². The van der Waals surface area contributed by atoms with Crippen molar-refractivity contribution < 1.29 is 19.0 Å². The summed E-state index contributed by atoms with van der Waals surface area (Å²) in [5, 5.41) is 12.4. The number of nitrogens with one attached hydrogen (secondary N) is 1. The monoisotopic (exact) mass is 468 g/mol. The van der Waals surface area contributed by atoms with Gasteiger partial charge in [-0.2, -0.15) is 5.26 Å². The van der Waals surface area contributed by atoms with Crippen molar-refractivity contribution in [3.8, 4) is 23.3 Å². The Morgan fingerprint density at radius 2 is 1.77 bits per heavy atom. The lowest BCUT2D eigenvalue weighted by Gasteiger charge is -2.16. The lowest BCUT2D eigenvalue weighted by atomic mass is 10.0. The molecule has 0 heterocycles. The van der Waals surface area contributed by atoms with Crippen molar-refractivity contribution in [1.29, 1.82) is 5.26 Å². The lowest BCUT2D eigenvalue weighted by molar-refractivity contribution is -0.117. The third kappa shape index (κ3) is 6.99. The van der Waals surface area contributed by atoms with Crippen LogP contribution in [0.25, 0.3) is 6.08 Å². The molecule has 0 aromatic heterocycles. The number of nitriles is 1. The van der Waals surface area contributed by atoms with Crippen molar-refractivity contribution >= 4 is 12.0 Å². The van der Waals surface area contributed by atoms with Crippen molar-refractivity contribution in [3.63, 3.8) is 0 Å². The second-order valence-corrected chi connectivity index (χ2v) is 7.68. The molecule has 0 aliphatic rings. The third-order valence-electron chi connectivity index (χ3n) is 5.25. The van der Waals surface area contributed by atoms with Gasteiger partial charge in [0.15, 0.2) is 11.5 Å². The van der Waals surface area contributed by atoms with Crippen LogP contribution >= 0.6 is 0 Å². The third-order valence-corrected chi connectivity index (χ3v) is 5.25. The first-order valence-electron chi connectivity index (χ1n) is 11.1. The Labute approximate surface area is 206 Å². The summed E-state index contributed by atoms with van der Waals surface area (Å²) in [7, 11) is 3.15. The molecule has 0 aliphatic carbocycles. The summed E-state index contributed by atoms with van der Waals surface area (Å²) in [6, 6.07) is 22.8. The van der Waals surface area contributed by atoms with Crippen molar-refractivity contribution in [2.45, 2.75) is 19.6 Å². The molecule has 0 aliphatic heterocycles. The molecule has 0 radical (unpaired) electrons. The van der Waals surface area contributed by atoms with Crippen LogP contribution in [0.2, 0.25) is 0 Å². The number of benzene rings is 3. The van der Waals surface area contributed by atoms with Gasteiger partial charge < -0.3 is 19.5 Å². The maximum atomic E-state index is 12.7. The predicted octanol–water partition coefficient (Wildman–Crippen LogP) is 5.23. The zero-order chi connectivity index (χ0) is 25.0. The number of carbonyl (C=O) groups excluding carboxylic acids is 1. The van der Waals surface area contributed by atoms with Gasteiger partial charge >= 0.3 is 0 Å². The number of hydrogen-bond acceptors (Lipinski definition) is 5. The first-order valence-corrected chi connectivity index (χ1v) is 11.1. The van der Waals surface area contributed by atoms with E-state index in [-0.39, 0.29) is 5.57 Å². The van der Waals surface area contributed by atoms with Crippen molar-refractivity contribution in [2.75, 3.05) is 14.2 Å². The Morgan fingerprint density at radius 1 is 1.03 bits per heavy atom. The summed E-state index contributed by atoms with van der Waals surface area (Å²) >= 11 is 0. The van der Waals surface area contributed by atoms with Gasteiger partial charge in [-0.1, -0.05) is 48.5 Å². The maximum absolute atomic E-state index is 12.7. The Kier molecular flexibility index (Phi) is 9.09. The molecule has 0 saturated carbocycles. The predicted molar refractivity (Wildman–Crippen MR) is 136 cm³/mol. The van der Waals surface area contributed by atoms with Crippen LogP contribution in [0.5, 0.6) is 17.2 Å². The van der Waals surface area contributed by atoms with E-state index in [9.17, 15) is 10.1 Å². The van der Waals surface area contributed by atoms with Crippen LogP contribution in [0.1, 0.15) is 22.3 Å². The highest BCUT2D eigenvalue weighted by atomic mass is 16.5. The molecule has 178 valence electrons. The van der Waals surface area contributed by atoms with Gasteiger partial charge in [0, 0.05) is 12.1 Å². The minimum absolute atomic E-state index is 0.0110. The SMILES string of the molecule is C=CCc1cc(/C=C(/C#N)C(=O)NCc2ccc(OC)cc2)cc(OC)c1OCc1ccccc1. The Bertz CT molecular complexity index is 1230. The second kappa shape index (κ2) is 12.7. The number of methoxy groups -OCH3 is 2.